The molecule has 3 heterocycles. The first-order valence-corrected chi connectivity index (χ1v) is 11.2. The van der Waals surface area contributed by atoms with Crippen LogP contribution in [0.3, 0.4) is 0 Å². The van der Waals surface area contributed by atoms with E-state index in [4.69, 9.17) is 19.7 Å². The predicted molar refractivity (Wildman–Crippen MR) is 133 cm³/mol. The molecule has 0 fully saturated rings. The lowest BCUT2D eigenvalue weighted by atomic mass is 10.2. The Hall–Kier alpha value is -4.52. The van der Waals surface area contributed by atoms with Crippen LogP contribution in [0.1, 0.15) is 12.5 Å². The van der Waals surface area contributed by atoms with Crippen molar-refractivity contribution in [1.82, 2.24) is 24.1 Å². The van der Waals surface area contributed by atoms with E-state index < -0.39 is 0 Å². The molecule has 7 heteroatoms. The van der Waals surface area contributed by atoms with Gasteiger partial charge in [0.05, 0.1) is 29.9 Å². The highest BCUT2D eigenvalue weighted by atomic mass is 16.5. The van der Waals surface area contributed by atoms with Crippen molar-refractivity contribution in [3.8, 4) is 11.4 Å². The lowest BCUT2D eigenvalue weighted by molar-refractivity contribution is 0.340. The number of ether oxygens (including phenoxy) is 1. The molecule has 0 N–H and O–H groups in total. The third-order valence-electron chi connectivity index (χ3n) is 5.86. The largest absolute Gasteiger partial charge is 0.494 e. The van der Waals surface area contributed by atoms with Gasteiger partial charge in [-0.25, -0.2) is 15.0 Å². The quantitative estimate of drug-likeness (QED) is 0.382. The Kier molecular flexibility index (Phi) is 4.80. The molecular formula is C27H21N5O2. The minimum Gasteiger partial charge on any atom is -0.494 e. The molecule has 0 spiro atoms. The van der Waals surface area contributed by atoms with Crippen LogP contribution in [0, 0.1) is 0 Å². The first kappa shape index (κ1) is 20.1. The van der Waals surface area contributed by atoms with Gasteiger partial charge in [-0.1, -0.05) is 42.5 Å². The van der Waals surface area contributed by atoms with Gasteiger partial charge in [0.15, 0.2) is 11.3 Å². The third-order valence-corrected chi connectivity index (χ3v) is 5.86. The summed E-state index contributed by atoms with van der Waals surface area (Å²) in [6.45, 7) is 3.06. The second-order valence-electron chi connectivity index (χ2n) is 8.00. The number of fused-ring (bicyclic) bond motifs is 4. The van der Waals surface area contributed by atoms with Gasteiger partial charge in [-0.3, -0.25) is 9.36 Å². The molecule has 0 saturated carbocycles. The summed E-state index contributed by atoms with van der Waals surface area (Å²) in [7, 11) is 0. The molecule has 3 aromatic carbocycles. The van der Waals surface area contributed by atoms with Crippen molar-refractivity contribution < 1.29 is 4.74 Å². The van der Waals surface area contributed by atoms with Crippen molar-refractivity contribution in [2.75, 3.05) is 6.61 Å². The van der Waals surface area contributed by atoms with Gasteiger partial charge in [-0.2, -0.15) is 0 Å². The van der Waals surface area contributed by atoms with Gasteiger partial charge in [0.1, 0.15) is 23.0 Å². The molecule has 6 aromatic rings. The van der Waals surface area contributed by atoms with E-state index in [1.54, 1.807) is 10.9 Å². The number of rotatable bonds is 5. The van der Waals surface area contributed by atoms with Gasteiger partial charge >= 0.3 is 0 Å². The van der Waals surface area contributed by atoms with E-state index in [0.29, 0.717) is 41.0 Å². The highest BCUT2D eigenvalue weighted by Gasteiger charge is 2.20. The van der Waals surface area contributed by atoms with E-state index in [-0.39, 0.29) is 5.56 Å². The van der Waals surface area contributed by atoms with Gasteiger partial charge < -0.3 is 9.30 Å². The average Bonchev–Trinajstić information content (AvgIpc) is 3.17. The summed E-state index contributed by atoms with van der Waals surface area (Å²) >= 11 is 0. The summed E-state index contributed by atoms with van der Waals surface area (Å²) in [6, 6.07) is 25.2. The minimum absolute atomic E-state index is 0.185. The fraction of sp³-hybridized carbons (Fsp3) is 0.111. The van der Waals surface area contributed by atoms with E-state index >= 15 is 0 Å². The van der Waals surface area contributed by atoms with Crippen LogP contribution in [-0.2, 0) is 6.54 Å². The molecule has 34 heavy (non-hydrogen) atoms. The maximum Gasteiger partial charge on any atom is 0.269 e. The monoisotopic (exact) mass is 447 g/mol. The van der Waals surface area contributed by atoms with Gasteiger partial charge in [0, 0.05) is 0 Å². The highest BCUT2D eigenvalue weighted by Crippen LogP contribution is 2.26. The van der Waals surface area contributed by atoms with Gasteiger partial charge in [-0.15, -0.1) is 0 Å². The van der Waals surface area contributed by atoms with Gasteiger partial charge in [-0.05, 0) is 48.9 Å². The van der Waals surface area contributed by atoms with Crippen molar-refractivity contribution in [2.24, 2.45) is 0 Å². The molecule has 7 nitrogen and oxygen atoms in total. The SMILES string of the molecule is CCOc1ccc(-n2cnc3c(c2=O)c2nc4ccccc4nc2n3Cc2ccccc2)cc1. The van der Waals surface area contributed by atoms with Gasteiger partial charge in [0.2, 0.25) is 0 Å². The summed E-state index contributed by atoms with van der Waals surface area (Å²) in [5, 5.41) is 0.459. The zero-order valence-electron chi connectivity index (χ0n) is 18.5. The second-order valence-corrected chi connectivity index (χ2v) is 8.00. The smallest absolute Gasteiger partial charge is 0.269 e. The summed E-state index contributed by atoms with van der Waals surface area (Å²) in [4.78, 5) is 28.2. The zero-order valence-corrected chi connectivity index (χ0v) is 18.5. The van der Waals surface area contributed by atoms with Crippen LogP contribution < -0.4 is 10.3 Å². The number of benzene rings is 3. The van der Waals surface area contributed by atoms with E-state index in [1.807, 2.05) is 90.4 Å². The van der Waals surface area contributed by atoms with Crippen LogP contribution in [0.4, 0.5) is 0 Å². The van der Waals surface area contributed by atoms with E-state index in [0.717, 1.165) is 22.3 Å². The Labute approximate surface area is 194 Å². The summed E-state index contributed by atoms with van der Waals surface area (Å²) in [5.74, 6) is 0.755. The van der Waals surface area contributed by atoms with E-state index in [2.05, 4.69) is 0 Å². The zero-order chi connectivity index (χ0) is 23.1. The van der Waals surface area contributed by atoms with Crippen LogP contribution in [0.25, 0.3) is 38.9 Å². The van der Waals surface area contributed by atoms with Crippen LogP contribution in [0.5, 0.6) is 5.75 Å². The lowest BCUT2D eigenvalue weighted by Crippen LogP contribution is -2.19. The molecule has 0 amide bonds. The molecule has 6 rings (SSSR count). The first-order valence-electron chi connectivity index (χ1n) is 11.2. The maximum atomic E-state index is 13.8. The lowest BCUT2D eigenvalue weighted by Gasteiger charge is -2.09. The molecule has 0 bridgehead atoms. The molecule has 0 saturated heterocycles. The summed E-state index contributed by atoms with van der Waals surface area (Å²) in [6.07, 6.45) is 1.57. The van der Waals surface area contributed by atoms with Crippen molar-refractivity contribution >= 4 is 33.2 Å². The average molecular weight is 447 g/mol. The van der Waals surface area contributed by atoms with Crippen molar-refractivity contribution in [3.63, 3.8) is 0 Å². The van der Waals surface area contributed by atoms with Crippen LogP contribution in [0.2, 0.25) is 0 Å². The fourth-order valence-electron chi connectivity index (χ4n) is 4.27. The Balaban J connectivity index is 1.62. The molecule has 0 radical (unpaired) electrons. The van der Waals surface area contributed by atoms with E-state index in [1.165, 1.54) is 0 Å². The van der Waals surface area contributed by atoms with Crippen molar-refractivity contribution in [1.29, 1.82) is 0 Å². The third kappa shape index (κ3) is 3.29. The van der Waals surface area contributed by atoms with Crippen molar-refractivity contribution in [2.45, 2.75) is 13.5 Å². The first-order chi connectivity index (χ1) is 16.7. The molecule has 0 aliphatic rings. The standard InChI is InChI=1S/C27H21N5O2/c1-2-34-20-14-12-19(13-15-20)32-17-28-25-23(27(32)33)24-26(30-22-11-7-6-10-21(22)29-24)31(25)16-18-8-4-3-5-9-18/h3-15,17H,2,16H2,1H3. The Morgan fingerprint density at radius 1 is 0.824 bits per heavy atom. The maximum absolute atomic E-state index is 13.8. The molecule has 3 aromatic heterocycles. The molecule has 0 aliphatic heterocycles. The molecule has 0 atom stereocenters. The number of hydrogen-bond donors (Lipinski definition) is 0. The molecular weight excluding hydrogens is 426 g/mol. The number of hydrogen-bond acceptors (Lipinski definition) is 5. The molecule has 0 aliphatic carbocycles. The second kappa shape index (κ2) is 8.12. The number of aromatic nitrogens is 5. The Morgan fingerprint density at radius 3 is 2.26 bits per heavy atom. The Bertz CT molecular complexity index is 1700. The molecule has 0 unspecified atom stereocenters. The Morgan fingerprint density at radius 2 is 1.53 bits per heavy atom. The van der Waals surface area contributed by atoms with Crippen LogP contribution >= 0.6 is 0 Å². The highest BCUT2D eigenvalue weighted by molar-refractivity contribution is 6.04. The number of nitrogens with zero attached hydrogens (tertiary/aromatic N) is 5. The summed E-state index contributed by atoms with van der Waals surface area (Å²) < 4.78 is 9.05. The van der Waals surface area contributed by atoms with Crippen LogP contribution in [-0.4, -0.2) is 30.7 Å². The van der Waals surface area contributed by atoms with E-state index in [9.17, 15) is 4.79 Å². The number of para-hydroxylation sites is 2. The van der Waals surface area contributed by atoms with Crippen molar-refractivity contribution in [3.05, 3.63) is 101 Å². The van der Waals surface area contributed by atoms with Crippen LogP contribution in [0.15, 0.2) is 90.0 Å². The molecule has 166 valence electrons. The fourth-order valence-corrected chi connectivity index (χ4v) is 4.27. The predicted octanol–water partition coefficient (Wildman–Crippen LogP) is 4.73. The minimum atomic E-state index is -0.185. The van der Waals surface area contributed by atoms with Gasteiger partial charge in [0.25, 0.3) is 5.56 Å². The summed E-state index contributed by atoms with van der Waals surface area (Å²) in [5.41, 5.74) is 4.91. The topological polar surface area (TPSA) is 74.8 Å². The normalized spacial score (nSPS) is 11.4.